The zero-order valence-corrected chi connectivity index (χ0v) is 11.7. The molecule has 0 unspecified atom stereocenters. The van der Waals surface area contributed by atoms with Crippen LogP contribution in [-0.4, -0.2) is 24.4 Å². The maximum Gasteiger partial charge on any atom is 0.226 e. The van der Waals surface area contributed by atoms with Gasteiger partial charge in [-0.2, -0.15) is 0 Å². The van der Waals surface area contributed by atoms with Gasteiger partial charge in [-0.15, -0.1) is 0 Å². The molecule has 5 heteroatoms. The number of amides is 2. The lowest BCUT2D eigenvalue weighted by Gasteiger charge is -2.37. The summed E-state index contributed by atoms with van der Waals surface area (Å²) in [6.07, 6.45) is 3.49. The van der Waals surface area contributed by atoms with E-state index in [1.54, 1.807) is 13.1 Å². The molecule has 4 N–H and O–H groups in total. The summed E-state index contributed by atoms with van der Waals surface area (Å²) < 4.78 is 0. The van der Waals surface area contributed by atoms with Crippen LogP contribution in [0.25, 0.3) is 0 Å². The average molecular weight is 275 g/mol. The molecule has 2 amide bonds. The van der Waals surface area contributed by atoms with Crippen LogP contribution in [-0.2, 0) is 16.0 Å². The van der Waals surface area contributed by atoms with E-state index in [9.17, 15) is 9.59 Å². The Bertz CT molecular complexity index is 510. The first-order chi connectivity index (χ1) is 9.52. The highest BCUT2D eigenvalue weighted by molar-refractivity contribution is 5.93. The van der Waals surface area contributed by atoms with E-state index >= 15 is 0 Å². The maximum atomic E-state index is 12.0. The van der Waals surface area contributed by atoms with Gasteiger partial charge in [-0.1, -0.05) is 18.2 Å². The van der Waals surface area contributed by atoms with Crippen LogP contribution in [0.1, 0.15) is 31.2 Å². The van der Waals surface area contributed by atoms with Crippen molar-refractivity contribution in [3.63, 3.8) is 0 Å². The van der Waals surface area contributed by atoms with E-state index in [-0.39, 0.29) is 23.8 Å². The number of benzene rings is 1. The molecule has 1 fully saturated rings. The fraction of sp³-hybridized carbons (Fsp3) is 0.467. The third-order valence-electron chi connectivity index (χ3n) is 3.78. The summed E-state index contributed by atoms with van der Waals surface area (Å²) in [5.41, 5.74) is 7.23. The molecule has 0 aromatic heterocycles. The first-order valence-electron chi connectivity index (χ1n) is 6.90. The minimum atomic E-state index is -0.334. The molecule has 0 radical (unpaired) electrons. The highest BCUT2D eigenvalue weighted by Crippen LogP contribution is 2.32. The molecule has 0 heterocycles. The van der Waals surface area contributed by atoms with Crippen molar-refractivity contribution in [1.29, 1.82) is 0 Å². The van der Waals surface area contributed by atoms with Crippen LogP contribution >= 0.6 is 0 Å². The standard InChI is InChI=1S/C15H21N3O2/c1-17-13(19)9-11-5-2-3-6-12(11)18-14(20)10-15(16)7-4-8-15/h2-3,5-6H,4,7-10,16H2,1H3,(H,17,19)(H,18,20). The third-order valence-corrected chi connectivity index (χ3v) is 3.78. The van der Waals surface area contributed by atoms with Crippen LogP contribution < -0.4 is 16.4 Å². The Labute approximate surface area is 118 Å². The van der Waals surface area contributed by atoms with Gasteiger partial charge in [0.25, 0.3) is 0 Å². The molecule has 0 spiro atoms. The van der Waals surface area contributed by atoms with E-state index in [2.05, 4.69) is 10.6 Å². The number of carbonyl (C=O) groups is 2. The highest BCUT2D eigenvalue weighted by Gasteiger charge is 2.34. The van der Waals surface area contributed by atoms with Crippen LogP contribution in [0.2, 0.25) is 0 Å². The van der Waals surface area contributed by atoms with E-state index in [0.29, 0.717) is 12.1 Å². The Balaban J connectivity index is 2.01. The second kappa shape index (κ2) is 6.05. The fourth-order valence-corrected chi connectivity index (χ4v) is 2.38. The summed E-state index contributed by atoms with van der Waals surface area (Å²) in [5.74, 6) is -0.169. The van der Waals surface area contributed by atoms with Gasteiger partial charge in [-0.3, -0.25) is 9.59 Å². The molecule has 0 aliphatic heterocycles. The number of rotatable bonds is 5. The molecular weight excluding hydrogens is 254 g/mol. The topological polar surface area (TPSA) is 84.2 Å². The van der Waals surface area contributed by atoms with Crippen molar-refractivity contribution < 1.29 is 9.59 Å². The minimum Gasteiger partial charge on any atom is -0.359 e. The monoisotopic (exact) mass is 275 g/mol. The van der Waals surface area contributed by atoms with Crippen molar-refractivity contribution in [3.05, 3.63) is 29.8 Å². The molecule has 1 saturated carbocycles. The van der Waals surface area contributed by atoms with Crippen molar-refractivity contribution in [3.8, 4) is 0 Å². The summed E-state index contributed by atoms with van der Waals surface area (Å²) >= 11 is 0. The summed E-state index contributed by atoms with van der Waals surface area (Å²) in [4.78, 5) is 23.5. The predicted octanol–water partition coefficient (Wildman–Crippen LogP) is 1.19. The number of nitrogens with one attached hydrogen (secondary N) is 2. The number of likely N-dealkylation sites (N-methyl/N-ethyl adjacent to an activating group) is 1. The lowest BCUT2D eigenvalue weighted by molar-refractivity contribution is -0.120. The van der Waals surface area contributed by atoms with E-state index in [4.69, 9.17) is 5.73 Å². The number of hydrogen-bond donors (Lipinski definition) is 3. The number of nitrogens with two attached hydrogens (primary N) is 1. The van der Waals surface area contributed by atoms with Gasteiger partial charge in [-0.25, -0.2) is 0 Å². The Morgan fingerprint density at radius 3 is 2.55 bits per heavy atom. The highest BCUT2D eigenvalue weighted by atomic mass is 16.2. The largest absolute Gasteiger partial charge is 0.359 e. The van der Waals surface area contributed by atoms with Gasteiger partial charge in [-0.05, 0) is 30.9 Å². The van der Waals surface area contributed by atoms with Gasteiger partial charge >= 0.3 is 0 Å². The lowest BCUT2D eigenvalue weighted by Crippen LogP contribution is -2.49. The van der Waals surface area contributed by atoms with Crippen LogP contribution in [0, 0.1) is 0 Å². The van der Waals surface area contributed by atoms with E-state index in [1.165, 1.54) is 0 Å². The van der Waals surface area contributed by atoms with Gasteiger partial charge < -0.3 is 16.4 Å². The SMILES string of the molecule is CNC(=O)Cc1ccccc1NC(=O)CC1(N)CCC1. The third kappa shape index (κ3) is 3.57. The number of anilines is 1. The Kier molecular flexibility index (Phi) is 4.39. The first kappa shape index (κ1) is 14.5. The summed E-state index contributed by atoms with van der Waals surface area (Å²) in [7, 11) is 1.60. The summed E-state index contributed by atoms with van der Waals surface area (Å²) in [6.45, 7) is 0. The van der Waals surface area contributed by atoms with Gasteiger partial charge in [0.2, 0.25) is 11.8 Å². The number of carbonyl (C=O) groups excluding carboxylic acids is 2. The number of hydrogen-bond acceptors (Lipinski definition) is 3. The molecule has 2 rings (SSSR count). The molecule has 108 valence electrons. The Hall–Kier alpha value is -1.88. The smallest absolute Gasteiger partial charge is 0.226 e. The Morgan fingerprint density at radius 2 is 1.95 bits per heavy atom. The average Bonchev–Trinajstić information content (AvgIpc) is 2.39. The quantitative estimate of drug-likeness (QED) is 0.754. The Morgan fingerprint density at radius 1 is 1.25 bits per heavy atom. The van der Waals surface area contributed by atoms with E-state index in [1.807, 2.05) is 18.2 Å². The number of para-hydroxylation sites is 1. The van der Waals surface area contributed by atoms with Crippen LogP contribution in [0.4, 0.5) is 5.69 Å². The van der Waals surface area contributed by atoms with Crippen molar-refractivity contribution in [2.24, 2.45) is 5.73 Å². The fourth-order valence-electron chi connectivity index (χ4n) is 2.38. The summed E-state index contributed by atoms with van der Waals surface area (Å²) in [6, 6.07) is 7.33. The van der Waals surface area contributed by atoms with Crippen molar-refractivity contribution >= 4 is 17.5 Å². The summed E-state index contributed by atoms with van der Waals surface area (Å²) in [5, 5.41) is 5.44. The second-order valence-electron chi connectivity index (χ2n) is 5.45. The zero-order chi connectivity index (χ0) is 14.6. The van der Waals surface area contributed by atoms with Crippen molar-refractivity contribution in [1.82, 2.24) is 5.32 Å². The lowest BCUT2D eigenvalue weighted by atomic mass is 9.75. The molecule has 1 aromatic rings. The molecule has 1 aromatic carbocycles. The van der Waals surface area contributed by atoms with Gasteiger partial charge in [0.1, 0.15) is 0 Å². The first-order valence-corrected chi connectivity index (χ1v) is 6.90. The molecule has 1 aliphatic rings. The molecule has 0 atom stereocenters. The van der Waals surface area contributed by atoms with Crippen molar-refractivity contribution in [2.45, 2.75) is 37.6 Å². The molecule has 0 bridgehead atoms. The van der Waals surface area contributed by atoms with E-state index in [0.717, 1.165) is 24.8 Å². The molecule has 20 heavy (non-hydrogen) atoms. The van der Waals surface area contributed by atoms with Crippen LogP contribution in [0.3, 0.4) is 0 Å². The minimum absolute atomic E-state index is 0.0824. The maximum absolute atomic E-state index is 12.0. The molecule has 1 aliphatic carbocycles. The van der Waals surface area contributed by atoms with Gasteiger partial charge in [0.05, 0.1) is 6.42 Å². The second-order valence-corrected chi connectivity index (χ2v) is 5.45. The van der Waals surface area contributed by atoms with E-state index < -0.39 is 0 Å². The van der Waals surface area contributed by atoms with Crippen LogP contribution in [0.5, 0.6) is 0 Å². The normalized spacial score (nSPS) is 16.1. The molecular formula is C15H21N3O2. The zero-order valence-electron chi connectivity index (χ0n) is 11.7. The van der Waals surface area contributed by atoms with Gasteiger partial charge in [0.15, 0.2) is 0 Å². The van der Waals surface area contributed by atoms with Crippen molar-refractivity contribution in [2.75, 3.05) is 12.4 Å². The van der Waals surface area contributed by atoms with Crippen LogP contribution in [0.15, 0.2) is 24.3 Å². The molecule has 5 nitrogen and oxygen atoms in total. The predicted molar refractivity (Wildman–Crippen MR) is 78.2 cm³/mol. The van der Waals surface area contributed by atoms with Gasteiger partial charge in [0, 0.05) is 24.7 Å². The molecule has 0 saturated heterocycles.